The number of nitrogens with zero attached hydrogens (tertiary/aromatic N) is 1. The first kappa shape index (κ1) is 11.5. The SMILES string of the molecule is Cc1c(Cl)cccc1NC(=O)C(C)C#N. The molecule has 1 atom stereocenters. The van der Waals surface area contributed by atoms with Gasteiger partial charge in [0.25, 0.3) is 0 Å². The summed E-state index contributed by atoms with van der Waals surface area (Å²) in [5.41, 5.74) is 1.45. The summed E-state index contributed by atoms with van der Waals surface area (Å²) >= 11 is 5.89. The fourth-order valence-electron chi connectivity index (χ4n) is 1.04. The lowest BCUT2D eigenvalue weighted by Gasteiger charge is -2.09. The summed E-state index contributed by atoms with van der Waals surface area (Å²) in [6, 6.07) is 7.13. The maximum Gasteiger partial charge on any atom is 0.241 e. The van der Waals surface area contributed by atoms with Gasteiger partial charge in [0.1, 0.15) is 5.92 Å². The van der Waals surface area contributed by atoms with Gasteiger partial charge in [-0.15, -0.1) is 0 Å². The summed E-state index contributed by atoms with van der Waals surface area (Å²) in [4.78, 5) is 11.4. The first-order valence-corrected chi connectivity index (χ1v) is 4.89. The predicted octanol–water partition coefficient (Wildman–Crippen LogP) is 2.75. The second-order valence-corrected chi connectivity index (χ2v) is 3.66. The predicted molar refractivity (Wildman–Crippen MR) is 59.6 cm³/mol. The van der Waals surface area contributed by atoms with Crippen molar-refractivity contribution in [3.8, 4) is 6.07 Å². The van der Waals surface area contributed by atoms with E-state index in [1.807, 2.05) is 13.0 Å². The van der Waals surface area contributed by atoms with Crippen LogP contribution < -0.4 is 5.32 Å². The van der Waals surface area contributed by atoms with Crippen molar-refractivity contribution >= 4 is 23.2 Å². The summed E-state index contributed by atoms with van der Waals surface area (Å²) in [7, 11) is 0. The Morgan fingerprint density at radius 2 is 2.27 bits per heavy atom. The molecule has 0 aromatic heterocycles. The Hall–Kier alpha value is -1.53. The lowest BCUT2D eigenvalue weighted by atomic mass is 10.1. The van der Waals surface area contributed by atoms with Crippen molar-refractivity contribution in [2.24, 2.45) is 5.92 Å². The van der Waals surface area contributed by atoms with Gasteiger partial charge >= 0.3 is 0 Å². The number of halogens is 1. The third-order valence-electron chi connectivity index (χ3n) is 2.11. The Morgan fingerprint density at radius 1 is 1.60 bits per heavy atom. The molecule has 1 N–H and O–H groups in total. The number of anilines is 1. The largest absolute Gasteiger partial charge is 0.325 e. The van der Waals surface area contributed by atoms with Crippen molar-refractivity contribution < 1.29 is 4.79 Å². The van der Waals surface area contributed by atoms with E-state index in [-0.39, 0.29) is 5.91 Å². The van der Waals surface area contributed by atoms with E-state index < -0.39 is 5.92 Å². The van der Waals surface area contributed by atoms with E-state index in [0.717, 1.165) is 5.56 Å². The molecule has 0 heterocycles. The van der Waals surface area contributed by atoms with Crippen molar-refractivity contribution in [3.63, 3.8) is 0 Å². The first-order valence-electron chi connectivity index (χ1n) is 4.52. The van der Waals surface area contributed by atoms with E-state index >= 15 is 0 Å². The molecular formula is C11H11ClN2O. The Morgan fingerprint density at radius 3 is 2.87 bits per heavy atom. The third-order valence-corrected chi connectivity index (χ3v) is 2.52. The maximum atomic E-state index is 11.4. The normalized spacial score (nSPS) is 11.6. The van der Waals surface area contributed by atoms with Crippen molar-refractivity contribution in [2.75, 3.05) is 5.32 Å². The number of nitriles is 1. The van der Waals surface area contributed by atoms with Gasteiger partial charge in [-0.05, 0) is 31.5 Å². The molecule has 0 fully saturated rings. The highest BCUT2D eigenvalue weighted by Gasteiger charge is 2.13. The zero-order chi connectivity index (χ0) is 11.4. The molecule has 0 aliphatic heterocycles. The van der Waals surface area contributed by atoms with E-state index in [9.17, 15) is 4.79 Å². The molecule has 0 bridgehead atoms. The highest BCUT2D eigenvalue weighted by atomic mass is 35.5. The molecular weight excluding hydrogens is 212 g/mol. The number of amides is 1. The number of carbonyl (C=O) groups is 1. The van der Waals surface area contributed by atoms with Gasteiger partial charge < -0.3 is 5.32 Å². The minimum atomic E-state index is -0.664. The van der Waals surface area contributed by atoms with Crippen LogP contribution in [0.3, 0.4) is 0 Å². The maximum absolute atomic E-state index is 11.4. The summed E-state index contributed by atoms with van der Waals surface area (Å²) in [5, 5.41) is 11.8. The number of rotatable bonds is 2. The smallest absolute Gasteiger partial charge is 0.241 e. The minimum Gasteiger partial charge on any atom is -0.325 e. The Bertz CT molecular complexity index is 423. The topological polar surface area (TPSA) is 52.9 Å². The molecule has 0 saturated heterocycles. The summed E-state index contributed by atoms with van der Waals surface area (Å²) in [6.07, 6.45) is 0. The van der Waals surface area contributed by atoms with Crippen LogP contribution >= 0.6 is 11.6 Å². The zero-order valence-corrected chi connectivity index (χ0v) is 9.30. The Balaban J connectivity index is 2.87. The second kappa shape index (κ2) is 4.81. The average molecular weight is 223 g/mol. The van der Waals surface area contributed by atoms with Gasteiger partial charge in [0.2, 0.25) is 5.91 Å². The zero-order valence-electron chi connectivity index (χ0n) is 8.54. The molecule has 1 unspecified atom stereocenters. The summed E-state index contributed by atoms with van der Waals surface area (Å²) < 4.78 is 0. The molecule has 0 radical (unpaired) electrons. The van der Waals surface area contributed by atoms with Crippen molar-refractivity contribution in [3.05, 3.63) is 28.8 Å². The van der Waals surface area contributed by atoms with Gasteiger partial charge in [-0.1, -0.05) is 17.7 Å². The van der Waals surface area contributed by atoms with Crippen LogP contribution in [0, 0.1) is 24.2 Å². The minimum absolute atomic E-state index is 0.317. The molecule has 1 rings (SSSR count). The molecule has 15 heavy (non-hydrogen) atoms. The van der Waals surface area contributed by atoms with Crippen LogP contribution in [-0.4, -0.2) is 5.91 Å². The molecule has 1 aromatic carbocycles. The number of hydrogen-bond acceptors (Lipinski definition) is 2. The Labute approximate surface area is 93.7 Å². The van der Waals surface area contributed by atoms with Crippen LogP contribution in [0.25, 0.3) is 0 Å². The Kier molecular flexibility index (Phi) is 3.70. The second-order valence-electron chi connectivity index (χ2n) is 3.25. The van der Waals surface area contributed by atoms with Gasteiger partial charge in [0.05, 0.1) is 6.07 Å². The van der Waals surface area contributed by atoms with Crippen LogP contribution in [-0.2, 0) is 4.79 Å². The number of hydrogen-bond donors (Lipinski definition) is 1. The number of benzene rings is 1. The van der Waals surface area contributed by atoms with Crippen LogP contribution in [0.1, 0.15) is 12.5 Å². The molecule has 3 nitrogen and oxygen atoms in total. The van der Waals surface area contributed by atoms with Crippen molar-refractivity contribution in [2.45, 2.75) is 13.8 Å². The van der Waals surface area contributed by atoms with Crippen LogP contribution in [0.4, 0.5) is 5.69 Å². The fraction of sp³-hybridized carbons (Fsp3) is 0.273. The molecule has 1 amide bonds. The van der Waals surface area contributed by atoms with Gasteiger partial charge in [-0.25, -0.2) is 0 Å². The van der Waals surface area contributed by atoms with E-state index in [1.165, 1.54) is 0 Å². The van der Waals surface area contributed by atoms with Crippen LogP contribution in [0.15, 0.2) is 18.2 Å². The monoisotopic (exact) mass is 222 g/mol. The van der Waals surface area contributed by atoms with Crippen LogP contribution in [0.5, 0.6) is 0 Å². The van der Waals surface area contributed by atoms with E-state index in [0.29, 0.717) is 10.7 Å². The molecule has 0 aliphatic carbocycles. The lowest BCUT2D eigenvalue weighted by Crippen LogP contribution is -2.19. The van der Waals surface area contributed by atoms with Gasteiger partial charge in [0, 0.05) is 10.7 Å². The first-order chi connectivity index (χ1) is 7.06. The van der Waals surface area contributed by atoms with Crippen LogP contribution in [0.2, 0.25) is 5.02 Å². The van der Waals surface area contributed by atoms with Gasteiger partial charge in [-0.3, -0.25) is 4.79 Å². The van der Waals surface area contributed by atoms with E-state index in [2.05, 4.69) is 5.32 Å². The van der Waals surface area contributed by atoms with Crippen molar-refractivity contribution in [1.82, 2.24) is 0 Å². The fourth-order valence-corrected chi connectivity index (χ4v) is 1.22. The molecule has 0 spiro atoms. The van der Waals surface area contributed by atoms with Crippen molar-refractivity contribution in [1.29, 1.82) is 5.26 Å². The standard InChI is InChI=1S/C11H11ClN2O/c1-7(6-13)11(15)14-10-5-3-4-9(12)8(10)2/h3-5,7H,1-2H3,(H,14,15). The molecule has 4 heteroatoms. The highest BCUT2D eigenvalue weighted by Crippen LogP contribution is 2.23. The lowest BCUT2D eigenvalue weighted by molar-refractivity contribution is -0.117. The molecule has 1 aromatic rings. The quantitative estimate of drug-likeness (QED) is 0.837. The summed E-state index contributed by atoms with van der Waals surface area (Å²) in [6.45, 7) is 3.37. The molecule has 78 valence electrons. The average Bonchev–Trinajstić information content (AvgIpc) is 2.23. The number of nitrogens with one attached hydrogen (secondary N) is 1. The number of carbonyl (C=O) groups excluding carboxylic acids is 1. The van der Waals surface area contributed by atoms with E-state index in [4.69, 9.17) is 16.9 Å². The highest BCUT2D eigenvalue weighted by molar-refractivity contribution is 6.31. The molecule has 0 saturated carbocycles. The third kappa shape index (κ3) is 2.71. The van der Waals surface area contributed by atoms with E-state index in [1.54, 1.807) is 25.1 Å². The van der Waals surface area contributed by atoms with Gasteiger partial charge in [-0.2, -0.15) is 5.26 Å². The van der Waals surface area contributed by atoms with Gasteiger partial charge in [0.15, 0.2) is 0 Å². The molecule has 0 aliphatic rings. The summed E-state index contributed by atoms with van der Waals surface area (Å²) in [5.74, 6) is -0.980.